The van der Waals surface area contributed by atoms with Crippen LogP contribution >= 0.6 is 15.6 Å². The van der Waals surface area contributed by atoms with E-state index in [9.17, 15) is 54.0 Å². The zero-order valence-electron chi connectivity index (χ0n) is 27.1. The highest BCUT2D eigenvalue weighted by Crippen LogP contribution is 2.59. The molecule has 53 heavy (non-hydrogen) atoms. The van der Waals surface area contributed by atoms with Crippen LogP contribution in [0.1, 0.15) is 16.9 Å². The summed E-state index contributed by atoms with van der Waals surface area (Å²) in [4.78, 5) is 68.7. The molecule has 0 spiro atoms. The van der Waals surface area contributed by atoms with Crippen LogP contribution < -0.4 is 21.9 Å². The van der Waals surface area contributed by atoms with Crippen LogP contribution in [0.25, 0.3) is 39.6 Å². The van der Waals surface area contributed by atoms with Gasteiger partial charge in [0.15, 0.2) is 34.3 Å². The lowest BCUT2D eigenvalue weighted by Gasteiger charge is -2.28. The third-order valence-corrected chi connectivity index (χ3v) is 10.4. The van der Waals surface area contributed by atoms with E-state index in [1.54, 1.807) is 26.0 Å². The average Bonchev–Trinajstić information content (AvgIpc) is 3.63. The molecule has 0 fully saturated rings. The largest absolute Gasteiger partial charge is 0.756 e. The lowest BCUT2D eigenvalue weighted by molar-refractivity contribution is -0.221. The Hall–Kier alpha value is -5.13. The molecule has 24 nitrogen and oxygen atoms in total. The van der Waals surface area contributed by atoms with Gasteiger partial charge in [0.05, 0.1) is 24.2 Å². The maximum Gasteiger partial charge on any atom is 0.479 e. The van der Waals surface area contributed by atoms with Gasteiger partial charge in [0.1, 0.15) is 37.6 Å². The van der Waals surface area contributed by atoms with Crippen molar-refractivity contribution in [3.05, 3.63) is 62.5 Å². The van der Waals surface area contributed by atoms with Crippen LogP contribution in [0.5, 0.6) is 11.5 Å². The highest BCUT2D eigenvalue weighted by Gasteiger charge is 2.34. The Kier molecular flexibility index (Phi) is 9.95. The molecule has 282 valence electrons. The standard InChI is InChI=1S/C27H29N9O15P2/c1-10-3-12-13(4-11(10)2)35(24-18(32-12)25(42)34-27(43)33-24)5-14(37)19(39)15(38)6-48-52(44,45)51-53(46,47)49-7-16-20(40)21(41)26(50-16)36-9-31-17-22(28)29-8-30-23(17)36/h3-4,8-9,14-15,19,37-41H,5-7H2,1-2H3,(H,44,45)(H,46,47)(H2,28,29,30)(H,34,42,43)/p-1. The number of nitrogens with two attached hydrogens (primary N) is 1. The normalized spacial score (nSPS) is 16.1. The molecule has 0 bridgehead atoms. The number of aromatic amines is 1. The summed E-state index contributed by atoms with van der Waals surface area (Å²) in [6, 6.07) is 3.27. The molecule has 9 N–H and O–H groups in total. The van der Waals surface area contributed by atoms with E-state index in [0.29, 0.717) is 0 Å². The molecule has 0 saturated carbocycles. The predicted molar refractivity (Wildman–Crippen MR) is 174 cm³/mol. The fourth-order valence-corrected chi connectivity index (χ4v) is 7.08. The first-order valence-electron chi connectivity index (χ1n) is 14.9. The van der Waals surface area contributed by atoms with Gasteiger partial charge in [0, 0.05) is 0 Å². The summed E-state index contributed by atoms with van der Waals surface area (Å²) in [6.07, 6.45) is -4.05. The van der Waals surface area contributed by atoms with E-state index >= 15 is 0 Å². The number of aromatic nitrogens is 8. The van der Waals surface area contributed by atoms with Crippen LogP contribution in [-0.2, 0) is 35.6 Å². The average molecular weight is 781 g/mol. The smallest absolute Gasteiger partial charge is 0.479 e. The number of aliphatic hydroxyl groups excluding tert-OH is 3. The van der Waals surface area contributed by atoms with Gasteiger partial charge < -0.3 is 54.6 Å². The summed E-state index contributed by atoms with van der Waals surface area (Å²) in [5, 5.41) is 52.6. The summed E-state index contributed by atoms with van der Waals surface area (Å²) in [5.74, 6) is -3.26. The maximum atomic E-state index is 12.5. The number of nitrogens with zero attached hydrogens (tertiary/aromatic N) is 7. The number of phosphoric ester groups is 2. The van der Waals surface area contributed by atoms with Crippen molar-refractivity contribution in [2.24, 2.45) is 0 Å². The summed E-state index contributed by atoms with van der Waals surface area (Å²) in [6.45, 7) is 0.485. The van der Waals surface area contributed by atoms with Crippen molar-refractivity contribution in [1.29, 1.82) is 0 Å². The van der Waals surface area contributed by atoms with E-state index in [0.717, 1.165) is 28.3 Å². The number of aryl methyl sites for hydroxylation is 2. The van der Waals surface area contributed by atoms with Crippen LogP contribution in [0.15, 0.2) is 38.8 Å². The molecule has 2 aliphatic heterocycles. The number of aliphatic hydroxyl groups is 3. The minimum atomic E-state index is -5.82. The molecule has 2 aliphatic rings. The second kappa shape index (κ2) is 14.0. The first-order chi connectivity index (χ1) is 24.9. The Labute approximate surface area is 293 Å². The lowest BCUT2D eigenvalue weighted by atomic mass is 10.1. The molecule has 5 heterocycles. The molecule has 0 amide bonds. The molecule has 5 unspecified atom stereocenters. The summed E-state index contributed by atoms with van der Waals surface area (Å²) in [7, 11) is -11.4. The summed E-state index contributed by atoms with van der Waals surface area (Å²) in [5.41, 5.74) is 5.84. The number of rotatable bonds is 13. The van der Waals surface area contributed by atoms with Crippen LogP contribution in [0, 0.1) is 13.8 Å². The first kappa shape index (κ1) is 37.6. The minimum absolute atomic E-state index is 0.0128. The quantitative estimate of drug-likeness (QED) is 0.0505. The Morgan fingerprint density at radius 2 is 1.74 bits per heavy atom. The van der Waals surface area contributed by atoms with E-state index in [2.05, 4.69) is 38.3 Å². The van der Waals surface area contributed by atoms with Crippen LogP contribution in [0.2, 0.25) is 0 Å². The number of furan rings is 1. The number of nitrogen functional groups attached to an aromatic ring is 1. The van der Waals surface area contributed by atoms with Crippen molar-refractivity contribution in [2.75, 3.05) is 12.3 Å². The van der Waals surface area contributed by atoms with Crippen LogP contribution in [-0.4, -0.2) is 94.4 Å². The number of phosphoric acid groups is 2. The Balaban J connectivity index is 1.10. The van der Waals surface area contributed by atoms with Gasteiger partial charge in [-0.1, -0.05) is 0 Å². The number of hydrogen-bond acceptors (Lipinski definition) is 20. The van der Waals surface area contributed by atoms with E-state index in [1.165, 1.54) is 4.57 Å². The van der Waals surface area contributed by atoms with Gasteiger partial charge in [0.2, 0.25) is 11.5 Å². The molecule has 4 aromatic rings. The lowest BCUT2D eigenvalue weighted by Crippen LogP contribution is -2.43. The molecular formula is C27H28N9O15P2-. The number of anilines is 1. The topological polar surface area (TPSA) is 370 Å². The number of imidazole rings is 1. The molecule has 3 aromatic heterocycles. The molecule has 26 heteroatoms. The summed E-state index contributed by atoms with van der Waals surface area (Å²) >= 11 is 0. The van der Waals surface area contributed by atoms with Gasteiger partial charge in [-0.2, -0.15) is 4.98 Å². The maximum absolute atomic E-state index is 12.5. The van der Waals surface area contributed by atoms with E-state index in [1.807, 2.05) is 4.98 Å². The van der Waals surface area contributed by atoms with Crippen LogP contribution in [0.4, 0.5) is 5.82 Å². The van der Waals surface area contributed by atoms with Crippen molar-refractivity contribution >= 4 is 43.7 Å². The molecule has 1 aromatic carbocycles. The molecule has 5 atom stereocenters. The number of hydrogen-bond donors (Lipinski definition) is 8. The van der Waals surface area contributed by atoms with Gasteiger partial charge in [-0.15, -0.1) is 0 Å². The van der Waals surface area contributed by atoms with Gasteiger partial charge in [-0.25, -0.2) is 38.2 Å². The van der Waals surface area contributed by atoms with Gasteiger partial charge in [0.25, 0.3) is 19.3 Å². The molecular weight excluding hydrogens is 752 g/mol. The number of H-pyrrole nitrogens is 1. The fraction of sp³-hybridized carbons (Fsp3) is 0.296. The highest BCUT2D eigenvalue weighted by molar-refractivity contribution is 7.60. The van der Waals surface area contributed by atoms with Crippen molar-refractivity contribution in [3.63, 3.8) is 0 Å². The van der Waals surface area contributed by atoms with Crippen molar-refractivity contribution < 1.29 is 62.2 Å². The fourth-order valence-electron chi connectivity index (χ4n) is 5.08. The van der Waals surface area contributed by atoms with Gasteiger partial charge in [-0.3, -0.25) is 18.9 Å². The van der Waals surface area contributed by atoms with Crippen molar-refractivity contribution in [2.45, 2.75) is 45.3 Å². The Morgan fingerprint density at radius 3 is 2.47 bits per heavy atom. The molecule has 0 radical (unpaired) electrons. The number of aromatic hydroxyl groups is 2. The summed E-state index contributed by atoms with van der Waals surface area (Å²) < 4.78 is 45.5. The highest BCUT2D eigenvalue weighted by atomic mass is 31.3. The minimum Gasteiger partial charge on any atom is -0.756 e. The zero-order chi connectivity index (χ0) is 38.6. The van der Waals surface area contributed by atoms with Crippen molar-refractivity contribution in [1.82, 2.24) is 39.0 Å². The third kappa shape index (κ3) is 7.54. The monoisotopic (exact) mass is 780 g/mol. The zero-order valence-corrected chi connectivity index (χ0v) is 28.9. The Bertz CT molecular complexity index is 2550. The predicted octanol–water partition coefficient (Wildman–Crippen LogP) is -1.18. The molecule has 0 aliphatic carbocycles. The second-order valence-electron chi connectivity index (χ2n) is 11.5. The SMILES string of the molecule is Cc1cc2nc3c(=O)[nH]c(=O)nc-3n(CC(O)C(O)C(O)COP(=O)([O-])OP(=O)(O)OCc3oc(-n4cnc5c(N)ncnc54)c(O)c3O)c2cc1C. The van der Waals surface area contributed by atoms with E-state index in [-0.39, 0.29) is 39.5 Å². The number of nitrogens with one attached hydrogen (secondary N) is 1. The van der Waals surface area contributed by atoms with Crippen LogP contribution in [0.3, 0.4) is 0 Å². The van der Waals surface area contributed by atoms with Crippen molar-refractivity contribution in [3.8, 4) is 28.9 Å². The van der Waals surface area contributed by atoms with Gasteiger partial charge >= 0.3 is 13.5 Å². The molecule has 0 saturated heterocycles. The van der Waals surface area contributed by atoms with E-state index in [4.69, 9.17) is 10.2 Å². The number of benzene rings is 1. The first-order valence-corrected chi connectivity index (χ1v) is 17.9. The van der Waals surface area contributed by atoms with Gasteiger partial charge in [-0.05, 0) is 37.1 Å². The third-order valence-electron chi connectivity index (χ3n) is 7.84. The molecule has 6 rings (SSSR count). The van der Waals surface area contributed by atoms with E-state index < -0.39 is 88.1 Å². The number of fused-ring (bicyclic) bond motifs is 3. The second-order valence-corrected chi connectivity index (χ2v) is 14.5. The Morgan fingerprint density at radius 1 is 1.02 bits per heavy atom.